The van der Waals surface area contributed by atoms with Gasteiger partial charge in [0.2, 0.25) is 0 Å². The molecule has 1 aliphatic heterocycles. The Morgan fingerprint density at radius 3 is 2.68 bits per heavy atom. The molecule has 1 N–H and O–H groups in total. The van der Waals surface area contributed by atoms with E-state index in [0.717, 1.165) is 34.4 Å². The molecule has 1 fully saturated rings. The average Bonchev–Trinajstić information content (AvgIpc) is 3.38. The Balaban J connectivity index is 1.52. The molecule has 130 valence electrons. The maximum absolute atomic E-state index is 6.39. The first-order valence-corrected chi connectivity index (χ1v) is 9.72. The summed E-state index contributed by atoms with van der Waals surface area (Å²) in [5.74, 6) is 0.895. The molecule has 0 bridgehead atoms. The molecule has 0 aliphatic carbocycles. The van der Waals surface area contributed by atoms with Gasteiger partial charge in [0, 0.05) is 19.6 Å². The number of halogens is 1. The molecule has 1 aromatic carbocycles. The zero-order valence-electron chi connectivity index (χ0n) is 13.8. The van der Waals surface area contributed by atoms with Crippen molar-refractivity contribution in [3.8, 4) is 0 Å². The molecule has 0 spiro atoms. The van der Waals surface area contributed by atoms with Gasteiger partial charge in [0.15, 0.2) is 5.13 Å². The van der Waals surface area contributed by atoms with Crippen LogP contribution in [0.15, 0.2) is 53.1 Å². The molecule has 6 heteroatoms. The number of thiazole rings is 1. The SMILES string of the molecule is Clc1nc(N2CCCC2)sc1CNC(c1ccccc1)c1ccco1. The van der Waals surface area contributed by atoms with Gasteiger partial charge in [0.05, 0.1) is 17.2 Å². The predicted octanol–water partition coefficient (Wildman–Crippen LogP) is 4.87. The van der Waals surface area contributed by atoms with Gasteiger partial charge in [-0.2, -0.15) is 0 Å². The van der Waals surface area contributed by atoms with Crippen LogP contribution >= 0.6 is 22.9 Å². The molecule has 3 aromatic rings. The van der Waals surface area contributed by atoms with E-state index in [-0.39, 0.29) is 6.04 Å². The van der Waals surface area contributed by atoms with E-state index in [4.69, 9.17) is 16.0 Å². The van der Waals surface area contributed by atoms with Crippen LogP contribution in [0.5, 0.6) is 0 Å². The second kappa shape index (κ2) is 7.60. The monoisotopic (exact) mass is 373 g/mol. The zero-order chi connectivity index (χ0) is 17.1. The van der Waals surface area contributed by atoms with Crippen LogP contribution in [-0.4, -0.2) is 18.1 Å². The van der Waals surface area contributed by atoms with Gasteiger partial charge in [0.25, 0.3) is 0 Å². The largest absolute Gasteiger partial charge is 0.467 e. The van der Waals surface area contributed by atoms with Gasteiger partial charge in [-0.05, 0) is 30.5 Å². The summed E-state index contributed by atoms with van der Waals surface area (Å²) < 4.78 is 5.64. The normalized spacial score (nSPS) is 15.6. The molecule has 4 rings (SSSR count). The Kier molecular flexibility index (Phi) is 5.06. The second-order valence-corrected chi connectivity index (χ2v) is 7.56. The second-order valence-electron chi connectivity index (χ2n) is 6.14. The molecule has 4 nitrogen and oxygen atoms in total. The van der Waals surface area contributed by atoms with Crippen molar-refractivity contribution < 1.29 is 4.42 Å². The Labute approximate surface area is 156 Å². The fourth-order valence-electron chi connectivity index (χ4n) is 3.15. The van der Waals surface area contributed by atoms with E-state index in [1.54, 1.807) is 17.6 Å². The maximum atomic E-state index is 6.39. The van der Waals surface area contributed by atoms with E-state index in [1.165, 1.54) is 12.8 Å². The van der Waals surface area contributed by atoms with E-state index >= 15 is 0 Å². The third kappa shape index (κ3) is 3.73. The Morgan fingerprint density at radius 1 is 1.16 bits per heavy atom. The lowest BCUT2D eigenvalue weighted by atomic mass is 10.0. The molecule has 3 heterocycles. The van der Waals surface area contributed by atoms with E-state index in [1.807, 2.05) is 30.3 Å². The smallest absolute Gasteiger partial charge is 0.187 e. The highest BCUT2D eigenvalue weighted by atomic mass is 35.5. The summed E-state index contributed by atoms with van der Waals surface area (Å²) in [7, 11) is 0. The summed E-state index contributed by atoms with van der Waals surface area (Å²) in [6, 6.07) is 14.2. The van der Waals surface area contributed by atoms with E-state index in [0.29, 0.717) is 11.7 Å². The summed E-state index contributed by atoms with van der Waals surface area (Å²) >= 11 is 8.07. The number of aromatic nitrogens is 1. The summed E-state index contributed by atoms with van der Waals surface area (Å²) in [6.07, 6.45) is 4.18. The minimum absolute atomic E-state index is 0.00963. The van der Waals surface area contributed by atoms with Crippen molar-refractivity contribution in [2.45, 2.75) is 25.4 Å². The lowest BCUT2D eigenvalue weighted by Crippen LogP contribution is -2.21. The predicted molar refractivity (Wildman–Crippen MR) is 102 cm³/mol. The van der Waals surface area contributed by atoms with Crippen LogP contribution in [0.4, 0.5) is 5.13 Å². The van der Waals surface area contributed by atoms with Crippen LogP contribution in [0.1, 0.15) is 35.1 Å². The van der Waals surface area contributed by atoms with Crippen LogP contribution in [0.3, 0.4) is 0 Å². The zero-order valence-corrected chi connectivity index (χ0v) is 15.4. The highest BCUT2D eigenvalue weighted by Gasteiger charge is 2.21. The van der Waals surface area contributed by atoms with Crippen molar-refractivity contribution in [2.75, 3.05) is 18.0 Å². The number of rotatable bonds is 6. The Bertz CT molecular complexity index is 797. The van der Waals surface area contributed by atoms with E-state index < -0.39 is 0 Å². The molecule has 1 saturated heterocycles. The molecular weight excluding hydrogens is 354 g/mol. The van der Waals surface area contributed by atoms with Gasteiger partial charge < -0.3 is 9.32 Å². The number of hydrogen-bond donors (Lipinski definition) is 1. The molecular formula is C19H20ClN3OS. The van der Waals surface area contributed by atoms with Crippen LogP contribution < -0.4 is 10.2 Å². The third-order valence-corrected chi connectivity index (χ3v) is 5.98. The summed E-state index contributed by atoms with van der Waals surface area (Å²) in [4.78, 5) is 7.94. The van der Waals surface area contributed by atoms with Crippen molar-refractivity contribution in [3.05, 3.63) is 70.1 Å². The molecule has 0 saturated carbocycles. The van der Waals surface area contributed by atoms with Gasteiger partial charge in [-0.3, -0.25) is 5.32 Å². The fraction of sp³-hybridized carbons (Fsp3) is 0.316. The first-order valence-electron chi connectivity index (χ1n) is 8.53. The molecule has 2 aromatic heterocycles. The van der Waals surface area contributed by atoms with Crippen molar-refractivity contribution in [1.29, 1.82) is 0 Å². The molecule has 1 atom stereocenters. The van der Waals surface area contributed by atoms with Gasteiger partial charge >= 0.3 is 0 Å². The van der Waals surface area contributed by atoms with Gasteiger partial charge in [0.1, 0.15) is 10.9 Å². The quantitative estimate of drug-likeness (QED) is 0.669. The lowest BCUT2D eigenvalue weighted by molar-refractivity contribution is 0.446. The maximum Gasteiger partial charge on any atom is 0.187 e. The molecule has 1 aliphatic rings. The van der Waals surface area contributed by atoms with Crippen molar-refractivity contribution in [2.24, 2.45) is 0 Å². The number of hydrogen-bond acceptors (Lipinski definition) is 5. The lowest BCUT2D eigenvalue weighted by Gasteiger charge is -2.16. The van der Waals surface area contributed by atoms with Gasteiger partial charge in [-0.15, -0.1) is 0 Å². The Morgan fingerprint density at radius 2 is 1.96 bits per heavy atom. The van der Waals surface area contributed by atoms with E-state index in [9.17, 15) is 0 Å². The molecule has 0 radical (unpaired) electrons. The van der Waals surface area contributed by atoms with Crippen LogP contribution in [0, 0.1) is 0 Å². The molecule has 0 amide bonds. The van der Waals surface area contributed by atoms with Crippen molar-refractivity contribution in [1.82, 2.24) is 10.3 Å². The third-order valence-electron chi connectivity index (χ3n) is 4.44. The highest BCUT2D eigenvalue weighted by Crippen LogP contribution is 2.32. The summed E-state index contributed by atoms with van der Waals surface area (Å²) in [6.45, 7) is 2.82. The number of nitrogens with zero attached hydrogens (tertiary/aromatic N) is 2. The van der Waals surface area contributed by atoms with Crippen molar-refractivity contribution >= 4 is 28.1 Å². The molecule has 25 heavy (non-hydrogen) atoms. The number of furan rings is 1. The van der Waals surface area contributed by atoms with Gasteiger partial charge in [-0.25, -0.2) is 4.98 Å². The van der Waals surface area contributed by atoms with Crippen LogP contribution in [0.2, 0.25) is 5.15 Å². The number of benzene rings is 1. The minimum Gasteiger partial charge on any atom is -0.467 e. The summed E-state index contributed by atoms with van der Waals surface area (Å²) in [5, 5.41) is 5.21. The van der Waals surface area contributed by atoms with E-state index in [2.05, 4.69) is 27.3 Å². The first kappa shape index (κ1) is 16.6. The molecule has 1 unspecified atom stereocenters. The highest BCUT2D eigenvalue weighted by molar-refractivity contribution is 7.16. The van der Waals surface area contributed by atoms with Crippen LogP contribution in [-0.2, 0) is 6.54 Å². The van der Waals surface area contributed by atoms with Crippen molar-refractivity contribution in [3.63, 3.8) is 0 Å². The Hall–Kier alpha value is -1.82. The number of anilines is 1. The van der Waals surface area contributed by atoms with Gasteiger partial charge in [-0.1, -0.05) is 53.3 Å². The summed E-state index contributed by atoms with van der Waals surface area (Å²) in [5.41, 5.74) is 1.16. The number of nitrogens with one attached hydrogen (secondary N) is 1. The topological polar surface area (TPSA) is 41.3 Å². The minimum atomic E-state index is -0.00963. The first-order chi connectivity index (χ1) is 12.3. The fourth-order valence-corrected chi connectivity index (χ4v) is 4.42. The van der Waals surface area contributed by atoms with Crippen LogP contribution in [0.25, 0.3) is 0 Å². The standard InChI is InChI=1S/C19H20ClN3OS/c20-18-16(25-19(22-18)23-10-4-5-11-23)13-21-17(15-9-6-12-24-15)14-7-2-1-3-8-14/h1-3,6-9,12,17,21H,4-5,10-11,13H2. The average molecular weight is 374 g/mol.